The van der Waals surface area contributed by atoms with E-state index < -0.39 is 11.8 Å². The smallest absolute Gasteiger partial charge is 0.263 e. The molecule has 1 aliphatic heterocycles. The van der Waals surface area contributed by atoms with Crippen molar-refractivity contribution in [3.05, 3.63) is 29.6 Å². The second kappa shape index (κ2) is 3.90. The number of nitrogens with one attached hydrogen (secondary N) is 2. The molecule has 2 rings (SSSR count). The molecule has 0 aromatic carbocycles. The van der Waals surface area contributed by atoms with Crippen LogP contribution in [0.1, 0.15) is 5.56 Å². The zero-order chi connectivity index (χ0) is 11.7. The fourth-order valence-electron chi connectivity index (χ4n) is 1.38. The number of thiocarbonyl (C=S) groups is 1. The molecule has 0 bridgehead atoms. The Bertz CT molecular complexity index is 494. The molecule has 0 unspecified atom stereocenters. The maximum absolute atomic E-state index is 11.5. The summed E-state index contributed by atoms with van der Waals surface area (Å²) in [6, 6.07) is 1.81. The lowest BCUT2D eigenvalue weighted by Crippen LogP contribution is -2.51. The molecule has 0 spiro atoms. The molecule has 1 saturated heterocycles. The SMILES string of the molecule is Cn1ccc(C=C2C(=O)NC(=S)NC2=O)c1. The van der Waals surface area contributed by atoms with E-state index in [1.807, 2.05) is 17.8 Å². The molecule has 1 aliphatic rings. The normalized spacial score (nSPS) is 15.8. The molecular weight excluding hydrogens is 226 g/mol. The van der Waals surface area contributed by atoms with E-state index in [1.165, 1.54) is 6.08 Å². The molecule has 1 fully saturated rings. The van der Waals surface area contributed by atoms with E-state index in [9.17, 15) is 9.59 Å². The van der Waals surface area contributed by atoms with Crippen LogP contribution in [0, 0.1) is 0 Å². The third-order valence-corrected chi connectivity index (χ3v) is 2.31. The molecule has 5 nitrogen and oxygen atoms in total. The predicted octanol–water partition coefficient (Wildman–Crippen LogP) is -0.0606. The Morgan fingerprint density at radius 3 is 2.44 bits per heavy atom. The topological polar surface area (TPSA) is 63.1 Å². The monoisotopic (exact) mass is 235 g/mol. The van der Waals surface area contributed by atoms with E-state index in [-0.39, 0.29) is 10.7 Å². The van der Waals surface area contributed by atoms with Gasteiger partial charge in [-0.05, 0) is 29.9 Å². The van der Waals surface area contributed by atoms with Crippen molar-refractivity contribution in [1.82, 2.24) is 15.2 Å². The highest BCUT2D eigenvalue weighted by Crippen LogP contribution is 2.09. The summed E-state index contributed by atoms with van der Waals surface area (Å²) in [5.41, 5.74) is 0.843. The average Bonchev–Trinajstić information content (AvgIpc) is 2.58. The fraction of sp³-hybridized carbons (Fsp3) is 0.100. The van der Waals surface area contributed by atoms with E-state index in [4.69, 9.17) is 0 Å². The first kappa shape index (κ1) is 10.6. The first-order valence-corrected chi connectivity index (χ1v) is 4.97. The van der Waals surface area contributed by atoms with Crippen LogP contribution in [0.4, 0.5) is 0 Å². The summed E-state index contributed by atoms with van der Waals surface area (Å²) in [5.74, 6) is -0.949. The molecule has 0 atom stereocenters. The molecule has 0 saturated carbocycles. The van der Waals surface area contributed by atoms with Gasteiger partial charge in [0.15, 0.2) is 5.11 Å². The number of rotatable bonds is 1. The standard InChI is InChI=1S/C10H9N3O2S/c1-13-3-2-6(5-13)4-7-8(14)11-10(16)12-9(7)15/h2-5H,1H3,(H2,11,12,14,15,16). The summed E-state index contributed by atoms with van der Waals surface area (Å²) in [4.78, 5) is 23.0. The van der Waals surface area contributed by atoms with E-state index in [0.29, 0.717) is 0 Å². The number of nitrogens with zero attached hydrogens (tertiary/aromatic N) is 1. The summed E-state index contributed by atoms with van der Waals surface area (Å²) in [5, 5.41) is 4.79. The van der Waals surface area contributed by atoms with E-state index >= 15 is 0 Å². The van der Waals surface area contributed by atoms with Crippen LogP contribution < -0.4 is 10.6 Å². The van der Waals surface area contributed by atoms with Crippen molar-refractivity contribution in [1.29, 1.82) is 0 Å². The maximum atomic E-state index is 11.5. The summed E-state index contributed by atoms with van der Waals surface area (Å²) >= 11 is 4.69. The zero-order valence-electron chi connectivity index (χ0n) is 8.48. The van der Waals surface area contributed by atoms with E-state index in [2.05, 4.69) is 22.9 Å². The second-order valence-electron chi connectivity index (χ2n) is 3.41. The van der Waals surface area contributed by atoms with Gasteiger partial charge in [0.2, 0.25) is 0 Å². The number of aromatic nitrogens is 1. The highest BCUT2D eigenvalue weighted by atomic mass is 32.1. The van der Waals surface area contributed by atoms with Gasteiger partial charge >= 0.3 is 0 Å². The summed E-state index contributed by atoms with van der Waals surface area (Å²) in [6.45, 7) is 0. The van der Waals surface area contributed by atoms with Gasteiger partial charge in [0.05, 0.1) is 0 Å². The number of aryl methyl sites for hydroxylation is 1. The number of hydrogen-bond acceptors (Lipinski definition) is 3. The third kappa shape index (κ3) is 2.01. The van der Waals surface area contributed by atoms with E-state index in [0.717, 1.165) is 5.56 Å². The minimum Gasteiger partial charge on any atom is -0.357 e. The van der Waals surface area contributed by atoms with Gasteiger partial charge in [0.25, 0.3) is 11.8 Å². The van der Waals surface area contributed by atoms with Crippen molar-refractivity contribution in [2.75, 3.05) is 0 Å². The van der Waals surface area contributed by atoms with Crippen LogP contribution in [0.5, 0.6) is 0 Å². The zero-order valence-corrected chi connectivity index (χ0v) is 9.30. The lowest BCUT2D eigenvalue weighted by atomic mass is 10.1. The first-order valence-electron chi connectivity index (χ1n) is 4.56. The first-order chi connectivity index (χ1) is 7.56. The van der Waals surface area contributed by atoms with Crippen LogP contribution in [-0.2, 0) is 16.6 Å². The molecule has 82 valence electrons. The number of hydrogen-bond donors (Lipinski definition) is 2. The largest absolute Gasteiger partial charge is 0.357 e. The minimum atomic E-state index is -0.474. The van der Waals surface area contributed by atoms with Crippen molar-refractivity contribution < 1.29 is 9.59 Å². The van der Waals surface area contributed by atoms with Gasteiger partial charge < -0.3 is 4.57 Å². The molecule has 1 aromatic rings. The highest BCUT2D eigenvalue weighted by Gasteiger charge is 2.25. The summed E-state index contributed by atoms with van der Waals surface area (Å²) < 4.78 is 1.83. The van der Waals surface area contributed by atoms with Crippen molar-refractivity contribution in [2.24, 2.45) is 7.05 Å². The van der Waals surface area contributed by atoms with Crippen LogP contribution in [-0.4, -0.2) is 21.5 Å². The quantitative estimate of drug-likeness (QED) is 0.407. The van der Waals surface area contributed by atoms with Crippen molar-refractivity contribution >= 4 is 35.2 Å². The highest BCUT2D eigenvalue weighted by molar-refractivity contribution is 7.80. The van der Waals surface area contributed by atoms with Gasteiger partial charge in [-0.3, -0.25) is 20.2 Å². The van der Waals surface area contributed by atoms with Gasteiger partial charge in [0, 0.05) is 19.4 Å². The molecule has 0 aliphatic carbocycles. The summed E-state index contributed by atoms with van der Waals surface area (Å²) in [7, 11) is 1.86. The molecular formula is C10H9N3O2S. The number of amides is 2. The Hall–Kier alpha value is -1.95. The van der Waals surface area contributed by atoms with Crippen LogP contribution in [0.25, 0.3) is 6.08 Å². The summed E-state index contributed by atoms with van der Waals surface area (Å²) in [6.07, 6.45) is 5.16. The van der Waals surface area contributed by atoms with Crippen LogP contribution in [0.2, 0.25) is 0 Å². The van der Waals surface area contributed by atoms with Gasteiger partial charge in [-0.15, -0.1) is 0 Å². The molecule has 2 heterocycles. The predicted molar refractivity (Wildman–Crippen MR) is 62.3 cm³/mol. The van der Waals surface area contributed by atoms with Gasteiger partial charge in [-0.2, -0.15) is 0 Å². The molecule has 2 amide bonds. The van der Waals surface area contributed by atoms with Gasteiger partial charge in [-0.1, -0.05) is 0 Å². The van der Waals surface area contributed by atoms with Crippen molar-refractivity contribution in [2.45, 2.75) is 0 Å². The molecule has 6 heteroatoms. The lowest BCUT2D eigenvalue weighted by molar-refractivity contribution is -0.123. The fourth-order valence-corrected chi connectivity index (χ4v) is 1.57. The molecule has 16 heavy (non-hydrogen) atoms. The van der Waals surface area contributed by atoms with Crippen LogP contribution >= 0.6 is 12.2 Å². The van der Waals surface area contributed by atoms with Crippen LogP contribution in [0.3, 0.4) is 0 Å². The molecule has 2 N–H and O–H groups in total. The Balaban J connectivity index is 2.32. The van der Waals surface area contributed by atoms with Crippen molar-refractivity contribution in [3.8, 4) is 0 Å². The van der Waals surface area contributed by atoms with Crippen LogP contribution in [0.15, 0.2) is 24.0 Å². The van der Waals surface area contributed by atoms with E-state index in [1.54, 1.807) is 12.3 Å². The van der Waals surface area contributed by atoms with Gasteiger partial charge in [0.1, 0.15) is 5.57 Å². The lowest BCUT2D eigenvalue weighted by Gasteiger charge is -2.15. The Morgan fingerprint density at radius 1 is 1.31 bits per heavy atom. The Kier molecular flexibility index (Phi) is 2.57. The molecule has 1 aromatic heterocycles. The Labute approximate surface area is 97.1 Å². The maximum Gasteiger partial charge on any atom is 0.263 e. The Morgan fingerprint density at radius 2 is 1.94 bits per heavy atom. The molecule has 0 radical (unpaired) electrons. The van der Waals surface area contributed by atoms with Crippen molar-refractivity contribution in [3.63, 3.8) is 0 Å². The minimum absolute atomic E-state index is 0.0419. The van der Waals surface area contributed by atoms with Gasteiger partial charge in [-0.25, -0.2) is 0 Å². The number of carbonyl (C=O) groups is 2. The second-order valence-corrected chi connectivity index (χ2v) is 3.81. The third-order valence-electron chi connectivity index (χ3n) is 2.11. The average molecular weight is 235 g/mol. The number of carbonyl (C=O) groups excluding carboxylic acids is 2.